The van der Waals surface area contributed by atoms with Gasteiger partial charge < -0.3 is 4.74 Å². The summed E-state index contributed by atoms with van der Waals surface area (Å²) in [4.78, 5) is 0. The Morgan fingerprint density at radius 1 is 1.07 bits per heavy atom. The Hall–Kier alpha value is -1.34. The van der Waals surface area contributed by atoms with Crippen molar-refractivity contribution in [1.29, 1.82) is 0 Å². The molecule has 80 valence electrons. The normalized spacial score (nSPS) is 10.2. The van der Waals surface area contributed by atoms with Crippen molar-refractivity contribution in [3.63, 3.8) is 0 Å². The summed E-state index contributed by atoms with van der Waals surface area (Å²) in [6.07, 6.45) is 5.73. The average molecular weight is 202 g/mol. The van der Waals surface area contributed by atoms with E-state index in [1.807, 2.05) is 30.4 Å². The van der Waals surface area contributed by atoms with Gasteiger partial charge in [0.1, 0.15) is 0 Å². The summed E-state index contributed by atoms with van der Waals surface area (Å²) in [7, 11) is 0. The van der Waals surface area contributed by atoms with Gasteiger partial charge in [0.05, 0.1) is 12.7 Å². The minimum absolute atomic E-state index is 0.209. The second kappa shape index (κ2) is 7.02. The van der Waals surface area contributed by atoms with Gasteiger partial charge in [-0.1, -0.05) is 42.5 Å². The van der Waals surface area contributed by atoms with Crippen LogP contribution >= 0.6 is 0 Å². The fourth-order valence-corrected chi connectivity index (χ4v) is 1.39. The zero-order chi connectivity index (χ0) is 10.9. The van der Waals surface area contributed by atoms with Gasteiger partial charge in [-0.2, -0.15) is 0 Å². The monoisotopic (exact) mass is 202 g/mol. The van der Waals surface area contributed by atoms with E-state index in [1.165, 1.54) is 5.56 Å². The Labute approximate surface area is 92.1 Å². The summed E-state index contributed by atoms with van der Waals surface area (Å²) in [5, 5.41) is 0. The molecule has 0 saturated carbocycles. The lowest BCUT2D eigenvalue weighted by molar-refractivity contribution is 0.0448. The van der Waals surface area contributed by atoms with E-state index in [1.54, 1.807) is 0 Å². The van der Waals surface area contributed by atoms with Crippen LogP contribution in [0.25, 0.3) is 0 Å². The summed E-state index contributed by atoms with van der Waals surface area (Å²) in [5.41, 5.74) is 1.20. The highest BCUT2D eigenvalue weighted by Crippen LogP contribution is 2.09. The molecule has 1 rings (SSSR count). The van der Waals surface area contributed by atoms with E-state index < -0.39 is 0 Å². The SMILES string of the molecule is C=CCC(CC=C)OCc1ccccc1. The van der Waals surface area contributed by atoms with Crippen LogP contribution in [0, 0.1) is 0 Å². The van der Waals surface area contributed by atoms with E-state index in [4.69, 9.17) is 4.74 Å². The first-order valence-electron chi connectivity index (χ1n) is 5.24. The van der Waals surface area contributed by atoms with Crippen molar-refractivity contribution in [1.82, 2.24) is 0 Å². The van der Waals surface area contributed by atoms with E-state index in [-0.39, 0.29) is 6.10 Å². The van der Waals surface area contributed by atoms with Gasteiger partial charge in [-0.3, -0.25) is 0 Å². The number of hydrogen-bond donors (Lipinski definition) is 0. The minimum atomic E-state index is 0.209. The fraction of sp³-hybridized carbons (Fsp3) is 0.286. The van der Waals surface area contributed by atoms with Crippen LogP contribution in [0.3, 0.4) is 0 Å². The molecule has 0 bridgehead atoms. The molecule has 0 aliphatic heterocycles. The van der Waals surface area contributed by atoms with Crippen LogP contribution < -0.4 is 0 Å². The third-order valence-corrected chi connectivity index (χ3v) is 2.19. The molecule has 0 N–H and O–H groups in total. The molecule has 0 aliphatic rings. The van der Waals surface area contributed by atoms with Crippen molar-refractivity contribution in [2.45, 2.75) is 25.6 Å². The van der Waals surface area contributed by atoms with Gasteiger partial charge in [0.2, 0.25) is 0 Å². The summed E-state index contributed by atoms with van der Waals surface area (Å²) in [6.45, 7) is 8.11. The lowest BCUT2D eigenvalue weighted by Gasteiger charge is -2.14. The molecule has 0 unspecified atom stereocenters. The van der Waals surface area contributed by atoms with Crippen LogP contribution in [-0.2, 0) is 11.3 Å². The van der Waals surface area contributed by atoms with Crippen molar-refractivity contribution < 1.29 is 4.74 Å². The Bertz CT molecular complexity index is 279. The van der Waals surface area contributed by atoms with Crippen molar-refractivity contribution in [2.24, 2.45) is 0 Å². The number of ether oxygens (including phenoxy) is 1. The lowest BCUT2D eigenvalue weighted by atomic mass is 10.2. The third kappa shape index (κ3) is 4.61. The zero-order valence-electron chi connectivity index (χ0n) is 9.06. The van der Waals surface area contributed by atoms with Crippen LogP contribution in [-0.4, -0.2) is 6.10 Å². The Balaban J connectivity index is 2.39. The molecular formula is C14H18O. The summed E-state index contributed by atoms with van der Waals surface area (Å²) in [5.74, 6) is 0. The highest BCUT2D eigenvalue weighted by Gasteiger charge is 2.04. The molecule has 0 amide bonds. The minimum Gasteiger partial charge on any atom is -0.373 e. The van der Waals surface area contributed by atoms with E-state index in [2.05, 4.69) is 25.3 Å². The molecule has 1 aromatic rings. The largest absolute Gasteiger partial charge is 0.373 e. The molecule has 0 saturated heterocycles. The fourth-order valence-electron chi connectivity index (χ4n) is 1.39. The van der Waals surface area contributed by atoms with E-state index in [9.17, 15) is 0 Å². The Morgan fingerprint density at radius 2 is 1.67 bits per heavy atom. The second-order valence-corrected chi connectivity index (χ2v) is 3.47. The molecular weight excluding hydrogens is 184 g/mol. The molecule has 1 aromatic carbocycles. The van der Waals surface area contributed by atoms with Crippen LogP contribution in [0.4, 0.5) is 0 Å². The predicted molar refractivity (Wildman–Crippen MR) is 64.6 cm³/mol. The maximum absolute atomic E-state index is 5.77. The maximum Gasteiger partial charge on any atom is 0.0720 e. The van der Waals surface area contributed by atoms with Crippen LogP contribution in [0.2, 0.25) is 0 Å². The molecule has 0 fully saturated rings. The molecule has 0 spiro atoms. The van der Waals surface area contributed by atoms with Crippen LogP contribution in [0.15, 0.2) is 55.6 Å². The Kier molecular flexibility index (Phi) is 5.49. The van der Waals surface area contributed by atoms with E-state index in [0.717, 1.165) is 12.8 Å². The topological polar surface area (TPSA) is 9.23 Å². The van der Waals surface area contributed by atoms with Gasteiger partial charge in [0, 0.05) is 0 Å². The molecule has 1 nitrogen and oxygen atoms in total. The average Bonchev–Trinajstić information content (AvgIpc) is 2.28. The highest BCUT2D eigenvalue weighted by atomic mass is 16.5. The smallest absolute Gasteiger partial charge is 0.0720 e. The van der Waals surface area contributed by atoms with Gasteiger partial charge in [0.25, 0.3) is 0 Å². The molecule has 0 atom stereocenters. The quantitative estimate of drug-likeness (QED) is 0.612. The molecule has 1 heteroatoms. The summed E-state index contributed by atoms with van der Waals surface area (Å²) >= 11 is 0. The second-order valence-electron chi connectivity index (χ2n) is 3.47. The number of benzene rings is 1. The first-order chi connectivity index (χ1) is 7.36. The van der Waals surface area contributed by atoms with Crippen LogP contribution in [0.1, 0.15) is 18.4 Å². The van der Waals surface area contributed by atoms with Gasteiger partial charge in [0.15, 0.2) is 0 Å². The van der Waals surface area contributed by atoms with Gasteiger partial charge in [-0.25, -0.2) is 0 Å². The first kappa shape index (κ1) is 11.7. The first-order valence-corrected chi connectivity index (χ1v) is 5.24. The highest BCUT2D eigenvalue weighted by molar-refractivity contribution is 5.13. The molecule has 15 heavy (non-hydrogen) atoms. The zero-order valence-corrected chi connectivity index (χ0v) is 9.06. The van der Waals surface area contributed by atoms with Crippen LogP contribution in [0.5, 0.6) is 0 Å². The van der Waals surface area contributed by atoms with Crippen molar-refractivity contribution in [2.75, 3.05) is 0 Å². The summed E-state index contributed by atoms with van der Waals surface area (Å²) in [6, 6.07) is 10.2. The lowest BCUT2D eigenvalue weighted by Crippen LogP contribution is -2.10. The van der Waals surface area contributed by atoms with Gasteiger partial charge in [-0.05, 0) is 18.4 Å². The number of rotatable bonds is 7. The number of hydrogen-bond acceptors (Lipinski definition) is 1. The molecule has 0 radical (unpaired) electrons. The molecule has 0 aliphatic carbocycles. The van der Waals surface area contributed by atoms with Gasteiger partial charge in [-0.15, -0.1) is 13.2 Å². The van der Waals surface area contributed by atoms with E-state index in [0.29, 0.717) is 6.61 Å². The Morgan fingerprint density at radius 3 is 2.20 bits per heavy atom. The molecule has 0 heterocycles. The third-order valence-electron chi connectivity index (χ3n) is 2.19. The predicted octanol–water partition coefficient (Wildman–Crippen LogP) is 3.72. The van der Waals surface area contributed by atoms with Crippen molar-refractivity contribution in [3.05, 3.63) is 61.2 Å². The molecule has 0 aromatic heterocycles. The van der Waals surface area contributed by atoms with Crippen molar-refractivity contribution in [3.8, 4) is 0 Å². The van der Waals surface area contributed by atoms with E-state index >= 15 is 0 Å². The standard InChI is InChI=1S/C14H18O/c1-3-8-14(9-4-2)15-12-13-10-6-5-7-11-13/h3-7,10-11,14H,1-2,8-9,12H2. The summed E-state index contributed by atoms with van der Waals surface area (Å²) < 4.78 is 5.77. The van der Waals surface area contributed by atoms with Crippen molar-refractivity contribution >= 4 is 0 Å². The maximum atomic E-state index is 5.77. The van der Waals surface area contributed by atoms with Gasteiger partial charge >= 0.3 is 0 Å².